The highest BCUT2D eigenvalue weighted by Gasteiger charge is 2.15. The van der Waals surface area contributed by atoms with Crippen molar-refractivity contribution in [3.8, 4) is 5.75 Å². The summed E-state index contributed by atoms with van der Waals surface area (Å²) in [7, 11) is 3.61. The van der Waals surface area contributed by atoms with Crippen molar-refractivity contribution in [2.45, 2.75) is 20.3 Å². The van der Waals surface area contributed by atoms with E-state index in [0.29, 0.717) is 0 Å². The van der Waals surface area contributed by atoms with Gasteiger partial charge in [0.1, 0.15) is 11.3 Å². The van der Waals surface area contributed by atoms with E-state index in [1.54, 1.807) is 7.11 Å². The van der Waals surface area contributed by atoms with E-state index in [1.165, 1.54) is 5.56 Å². The van der Waals surface area contributed by atoms with Crippen molar-refractivity contribution in [2.24, 2.45) is 0 Å². The predicted molar refractivity (Wildman–Crippen MR) is 79.7 cm³/mol. The van der Waals surface area contributed by atoms with Crippen molar-refractivity contribution in [3.63, 3.8) is 0 Å². The van der Waals surface area contributed by atoms with Gasteiger partial charge in [0, 0.05) is 28.3 Å². The van der Waals surface area contributed by atoms with Crippen molar-refractivity contribution in [2.75, 3.05) is 19.5 Å². The molecule has 18 heavy (non-hydrogen) atoms. The Morgan fingerprint density at radius 3 is 2.67 bits per heavy atom. The van der Waals surface area contributed by atoms with Gasteiger partial charge in [0.05, 0.1) is 7.11 Å². The zero-order valence-corrected chi connectivity index (χ0v) is 12.7. The molecular formula is C14H17BrN2O. The van der Waals surface area contributed by atoms with Crippen molar-refractivity contribution in [3.05, 3.63) is 27.9 Å². The van der Waals surface area contributed by atoms with E-state index >= 15 is 0 Å². The van der Waals surface area contributed by atoms with Crippen LogP contribution in [0.5, 0.6) is 5.75 Å². The van der Waals surface area contributed by atoms with Crippen molar-refractivity contribution >= 4 is 32.5 Å². The topological polar surface area (TPSA) is 34.1 Å². The standard InChI is InChI=1S/C14H17BrN2O/c1-5-10-8(2)13(16-3)12-9(15)6-7-11(18-4)14(12)17-10/h6-7H,5H2,1-4H3,(H,16,17). The average Bonchev–Trinajstić information content (AvgIpc) is 2.39. The minimum absolute atomic E-state index is 0.805. The molecule has 0 aliphatic carbocycles. The SMILES string of the molecule is CCc1nc2c(OC)ccc(Br)c2c(NC)c1C. The van der Waals surface area contributed by atoms with Crippen molar-refractivity contribution in [1.82, 2.24) is 4.98 Å². The van der Waals surface area contributed by atoms with Gasteiger partial charge >= 0.3 is 0 Å². The van der Waals surface area contributed by atoms with Crippen LogP contribution in [0.4, 0.5) is 5.69 Å². The lowest BCUT2D eigenvalue weighted by Gasteiger charge is -2.16. The molecule has 0 bridgehead atoms. The first-order chi connectivity index (χ1) is 8.63. The Hall–Kier alpha value is -1.29. The lowest BCUT2D eigenvalue weighted by atomic mass is 10.0. The lowest BCUT2D eigenvalue weighted by Crippen LogP contribution is -2.02. The summed E-state index contributed by atoms with van der Waals surface area (Å²) >= 11 is 3.60. The largest absolute Gasteiger partial charge is 0.494 e. The van der Waals surface area contributed by atoms with Gasteiger partial charge in [-0.1, -0.05) is 22.9 Å². The molecule has 0 unspecified atom stereocenters. The maximum atomic E-state index is 5.41. The second-order valence-corrected chi connectivity index (χ2v) is 4.99. The molecule has 4 heteroatoms. The van der Waals surface area contributed by atoms with Crippen LogP contribution in [0.15, 0.2) is 16.6 Å². The molecule has 0 saturated carbocycles. The third-order valence-corrected chi connectivity index (χ3v) is 3.86. The summed E-state index contributed by atoms with van der Waals surface area (Å²) in [6.07, 6.45) is 0.909. The fourth-order valence-corrected chi connectivity index (χ4v) is 2.79. The minimum atomic E-state index is 0.805. The lowest BCUT2D eigenvalue weighted by molar-refractivity contribution is 0.418. The summed E-state index contributed by atoms with van der Waals surface area (Å²) in [5.41, 5.74) is 4.31. The van der Waals surface area contributed by atoms with Crippen molar-refractivity contribution in [1.29, 1.82) is 0 Å². The molecule has 0 aliphatic heterocycles. The second kappa shape index (κ2) is 5.14. The maximum absolute atomic E-state index is 5.41. The molecule has 1 heterocycles. The normalized spacial score (nSPS) is 10.7. The van der Waals surface area contributed by atoms with E-state index in [4.69, 9.17) is 9.72 Å². The smallest absolute Gasteiger partial charge is 0.145 e. The third kappa shape index (κ3) is 1.94. The number of aromatic nitrogens is 1. The number of anilines is 1. The Morgan fingerprint density at radius 1 is 1.39 bits per heavy atom. The van der Waals surface area contributed by atoms with Crippen LogP contribution in [0.2, 0.25) is 0 Å². The Balaban J connectivity index is 2.95. The van der Waals surface area contributed by atoms with Crippen LogP contribution < -0.4 is 10.1 Å². The summed E-state index contributed by atoms with van der Waals surface area (Å²) in [6.45, 7) is 4.22. The third-order valence-electron chi connectivity index (χ3n) is 3.20. The molecule has 1 aromatic heterocycles. The van der Waals surface area contributed by atoms with E-state index in [9.17, 15) is 0 Å². The molecule has 2 rings (SSSR count). The van der Waals surface area contributed by atoms with Gasteiger partial charge in [0.15, 0.2) is 0 Å². The fraction of sp³-hybridized carbons (Fsp3) is 0.357. The van der Waals surface area contributed by atoms with Crippen LogP contribution in [-0.2, 0) is 6.42 Å². The highest BCUT2D eigenvalue weighted by atomic mass is 79.9. The molecule has 3 nitrogen and oxygen atoms in total. The molecule has 96 valence electrons. The molecule has 1 N–H and O–H groups in total. The number of benzene rings is 1. The zero-order chi connectivity index (χ0) is 13.3. The summed E-state index contributed by atoms with van der Waals surface area (Å²) in [6, 6.07) is 3.93. The highest BCUT2D eigenvalue weighted by molar-refractivity contribution is 9.10. The number of hydrogen-bond acceptors (Lipinski definition) is 3. The summed E-state index contributed by atoms with van der Waals surface area (Å²) in [5, 5.41) is 4.36. The molecule has 2 aromatic rings. The first kappa shape index (κ1) is 13.1. The Kier molecular flexibility index (Phi) is 3.76. The van der Waals surface area contributed by atoms with Gasteiger partial charge in [-0.2, -0.15) is 0 Å². The zero-order valence-electron chi connectivity index (χ0n) is 11.1. The number of ether oxygens (including phenoxy) is 1. The maximum Gasteiger partial charge on any atom is 0.145 e. The summed E-state index contributed by atoms with van der Waals surface area (Å²) in [4.78, 5) is 4.74. The predicted octanol–water partition coefficient (Wildman–Crippen LogP) is 3.92. The number of nitrogens with one attached hydrogen (secondary N) is 1. The van der Waals surface area contributed by atoms with E-state index in [2.05, 4.69) is 35.1 Å². The van der Waals surface area contributed by atoms with E-state index in [0.717, 1.165) is 38.9 Å². The average molecular weight is 309 g/mol. The Morgan fingerprint density at radius 2 is 2.11 bits per heavy atom. The highest BCUT2D eigenvalue weighted by Crippen LogP contribution is 2.37. The Bertz CT molecular complexity index is 596. The number of aryl methyl sites for hydroxylation is 1. The number of rotatable bonds is 3. The van der Waals surface area contributed by atoms with Crippen molar-refractivity contribution < 1.29 is 4.74 Å². The van der Waals surface area contributed by atoms with Crippen LogP contribution >= 0.6 is 15.9 Å². The quantitative estimate of drug-likeness (QED) is 0.933. The number of fused-ring (bicyclic) bond motifs is 1. The van der Waals surface area contributed by atoms with Crippen LogP contribution in [0, 0.1) is 6.92 Å². The molecule has 0 aliphatic rings. The molecule has 0 saturated heterocycles. The molecule has 0 atom stereocenters. The van der Waals surface area contributed by atoms with Crippen LogP contribution in [-0.4, -0.2) is 19.1 Å². The van der Waals surface area contributed by atoms with Gasteiger partial charge in [-0.15, -0.1) is 0 Å². The molecule has 1 aromatic carbocycles. The first-order valence-corrected chi connectivity index (χ1v) is 6.76. The van der Waals surface area contributed by atoms with E-state index < -0.39 is 0 Å². The van der Waals surface area contributed by atoms with Gasteiger partial charge in [-0.25, -0.2) is 4.98 Å². The number of pyridine rings is 1. The number of nitrogens with zero attached hydrogens (tertiary/aromatic N) is 1. The molecule has 0 amide bonds. The summed E-state index contributed by atoms with van der Waals surface area (Å²) < 4.78 is 6.44. The first-order valence-electron chi connectivity index (χ1n) is 5.97. The van der Waals surface area contributed by atoms with Crippen LogP contribution in [0.1, 0.15) is 18.2 Å². The van der Waals surface area contributed by atoms with Gasteiger partial charge in [-0.05, 0) is 31.0 Å². The number of methoxy groups -OCH3 is 1. The van der Waals surface area contributed by atoms with Gasteiger partial charge in [0.2, 0.25) is 0 Å². The number of hydrogen-bond donors (Lipinski definition) is 1. The summed E-state index contributed by atoms with van der Waals surface area (Å²) in [5.74, 6) is 0.805. The molecule has 0 radical (unpaired) electrons. The fourth-order valence-electron chi connectivity index (χ4n) is 2.27. The molecule has 0 fully saturated rings. The van der Waals surface area contributed by atoms with Gasteiger partial charge in [0.25, 0.3) is 0 Å². The van der Waals surface area contributed by atoms with Crippen LogP contribution in [0.3, 0.4) is 0 Å². The van der Waals surface area contributed by atoms with Gasteiger partial charge in [-0.3, -0.25) is 0 Å². The number of halogens is 1. The Labute approximate surface area is 116 Å². The molecular weight excluding hydrogens is 292 g/mol. The second-order valence-electron chi connectivity index (χ2n) is 4.14. The van der Waals surface area contributed by atoms with Gasteiger partial charge < -0.3 is 10.1 Å². The molecule has 0 spiro atoms. The van der Waals surface area contributed by atoms with Crippen LogP contribution in [0.25, 0.3) is 10.9 Å². The monoisotopic (exact) mass is 308 g/mol. The minimum Gasteiger partial charge on any atom is -0.494 e. The van der Waals surface area contributed by atoms with E-state index in [1.807, 2.05) is 19.2 Å². The van der Waals surface area contributed by atoms with E-state index in [-0.39, 0.29) is 0 Å².